The standard InChI is InChI=1S/C27H21BrN2O5S.C27H24N2O6S.2C27H22N2O5S/c1-13(12-31)5-6-14-3-2-4-16-19(11-30-22(14)16)23(32)26-24(33)21(25(36-26)27(34)35)18-10-29-20-8-7-15(28)9-17(18)20;1-13(12-30)5-6-14-3-2-4-16-19(11-29-22(14)16)23(32)26-24(33)21(25(36-26)27(34)35)18-10-28-20-8-7-15(31)9-17(18)20;2*1-14(13-30)9-10-15-5-4-7-17-19(12-29-22(15)17)23(31)26-24(32)21(25(35-26)27(33)34)18-11-28-20-8-3-2-6-16(18)20/h2-5,7-11,29-31,33H,6,12H2,1H3,(H,34,35);2-4,7-11,13,28-31,33H,5-6,12H2,1H3,(H,34,35);2*2-9,11-12,28-30,32H,10,13H2,1H3,(H,33,34)/b13-5-;;14-9+;14-9-. The number of carboxylic acids is 4. The smallest absolute Gasteiger partial charge is 0.346 e. The minimum absolute atomic E-state index is 0.00535. The first kappa shape index (κ1) is 97.6. The van der Waals surface area contributed by atoms with Gasteiger partial charge in [0.05, 0.1) is 42.1 Å². The Labute approximate surface area is 829 Å². The average Bonchev–Trinajstić information content (AvgIpc) is 1.61. The van der Waals surface area contributed by atoms with Gasteiger partial charge in [0.1, 0.15) is 67.8 Å². The van der Waals surface area contributed by atoms with Gasteiger partial charge in [0.15, 0.2) is 0 Å². The van der Waals surface area contributed by atoms with Gasteiger partial charge in [-0.25, -0.2) is 19.2 Å². The first-order valence-corrected chi connectivity index (χ1v) is 48.5. The van der Waals surface area contributed by atoms with Gasteiger partial charge in [-0.15, -0.1) is 45.3 Å². The van der Waals surface area contributed by atoms with Gasteiger partial charge in [0.2, 0.25) is 23.1 Å². The molecule has 29 nitrogen and oxygen atoms in total. The van der Waals surface area contributed by atoms with Crippen LogP contribution in [0.5, 0.6) is 28.7 Å². The van der Waals surface area contributed by atoms with Gasteiger partial charge in [-0.1, -0.05) is 167 Å². The van der Waals surface area contributed by atoms with Crippen molar-refractivity contribution in [1.82, 2.24) is 39.9 Å². The van der Waals surface area contributed by atoms with E-state index >= 15 is 0 Å². The van der Waals surface area contributed by atoms with Crippen molar-refractivity contribution in [3.63, 3.8) is 0 Å². The number of carbonyl (C=O) groups is 8. The molecule has 0 fully saturated rings. The number of para-hydroxylation sites is 6. The molecule has 718 valence electrons. The summed E-state index contributed by atoms with van der Waals surface area (Å²) in [5, 5.41) is 137. The number of ketones is 4. The van der Waals surface area contributed by atoms with Crippen LogP contribution in [0.2, 0.25) is 0 Å². The number of aromatic hydroxyl groups is 5. The number of phenols is 1. The Morgan fingerprint density at radius 1 is 0.324 bits per heavy atom. The third-order valence-electron chi connectivity index (χ3n) is 24.9. The molecule has 142 heavy (non-hydrogen) atoms. The summed E-state index contributed by atoms with van der Waals surface area (Å²) in [7, 11) is 0. The maximum absolute atomic E-state index is 13.6. The molecule has 1 unspecified atom stereocenters. The molecule has 0 saturated carbocycles. The lowest BCUT2D eigenvalue weighted by Gasteiger charge is -2.08. The number of carboxylic acid groups (broad SMARTS) is 4. The Morgan fingerprint density at radius 2 is 0.606 bits per heavy atom. The van der Waals surface area contributed by atoms with E-state index < -0.39 is 52.8 Å². The average molecular weight is 2040 g/mol. The quantitative estimate of drug-likeness (QED) is 0.0153. The molecule has 0 aliphatic rings. The van der Waals surface area contributed by atoms with Crippen molar-refractivity contribution in [1.29, 1.82) is 0 Å². The molecule has 0 radical (unpaired) electrons. The van der Waals surface area contributed by atoms with Crippen LogP contribution in [0.15, 0.2) is 247 Å². The van der Waals surface area contributed by atoms with Gasteiger partial charge in [0.25, 0.3) is 0 Å². The fraction of sp³-hybridized carbons (Fsp3) is 0.130. The summed E-state index contributed by atoms with van der Waals surface area (Å²) in [6, 6.07) is 47.3. The Balaban J connectivity index is 0.000000130. The molecule has 1 atom stereocenters. The van der Waals surface area contributed by atoms with E-state index in [2.05, 4.69) is 55.8 Å². The van der Waals surface area contributed by atoms with Crippen molar-refractivity contribution in [2.24, 2.45) is 5.92 Å². The van der Waals surface area contributed by atoms with Gasteiger partial charge in [-0.05, 0) is 130 Å². The highest BCUT2D eigenvalue weighted by atomic mass is 79.9. The molecule has 0 saturated heterocycles. The Morgan fingerprint density at radius 3 is 0.923 bits per heavy atom. The first-order chi connectivity index (χ1) is 68.4. The van der Waals surface area contributed by atoms with Crippen LogP contribution >= 0.6 is 61.3 Å². The second-order valence-corrected chi connectivity index (χ2v) is 39.0. The predicted molar refractivity (Wildman–Crippen MR) is 555 cm³/mol. The number of thiophene rings is 4. The van der Waals surface area contributed by atoms with E-state index in [4.69, 9.17) is 0 Å². The molecule has 0 aliphatic heterocycles. The third-order valence-corrected chi connectivity index (χ3v) is 30.0. The maximum Gasteiger partial charge on any atom is 0.346 e. The second kappa shape index (κ2) is 41.2. The van der Waals surface area contributed by atoms with Gasteiger partial charge >= 0.3 is 23.9 Å². The van der Waals surface area contributed by atoms with Crippen molar-refractivity contribution < 1.29 is 105 Å². The molecule has 0 amide bonds. The zero-order valence-corrected chi connectivity index (χ0v) is 80.7. The number of aromatic amines is 8. The Kier molecular flexibility index (Phi) is 28.3. The van der Waals surface area contributed by atoms with E-state index in [9.17, 15) is 105 Å². The predicted octanol–water partition coefficient (Wildman–Crippen LogP) is 22.5. The normalized spacial score (nSPS) is 12.1. The molecule has 0 bridgehead atoms. The molecular formula is C108H89BrN8O21S4. The van der Waals surface area contributed by atoms with Crippen LogP contribution in [0.25, 0.3) is 132 Å². The minimum Gasteiger partial charge on any atom is -0.508 e. The first-order valence-electron chi connectivity index (χ1n) is 44.4. The van der Waals surface area contributed by atoms with Crippen LogP contribution in [0.1, 0.15) is 156 Å². The van der Waals surface area contributed by atoms with Crippen LogP contribution < -0.4 is 0 Å². The van der Waals surface area contributed by atoms with Crippen molar-refractivity contribution in [3.05, 3.63) is 330 Å². The Hall–Kier alpha value is -16.0. The van der Waals surface area contributed by atoms with Crippen molar-refractivity contribution in [2.45, 2.75) is 59.8 Å². The number of fused-ring (bicyclic) bond motifs is 8. The van der Waals surface area contributed by atoms with Crippen LogP contribution in [0.4, 0.5) is 0 Å². The third kappa shape index (κ3) is 18.8. The number of aromatic carboxylic acids is 4. The molecule has 12 aromatic heterocycles. The van der Waals surface area contributed by atoms with Crippen LogP contribution in [0, 0.1) is 5.92 Å². The second-order valence-electron chi connectivity index (χ2n) is 34.0. The number of halogens is 1. The molecule has 0 aliphatic carbocycles. The molecule has 20 aromatic rings. The van der Waals surface area contributed by atoms with E-state index in [0.29, 0.717) is 96.2 Å². The van der Waals surface area contributed by atoms with E-state index in [0.717, 1.165) is 156 Å². The van der Waals surface area contributed by atoms with Crippen molar-refractivity contribution in [3.8, 4) is 73.3 Å². The molecule has 8 aromatic carbocycles. The number of rotatable bonds is 29. The number of aromatic nitrogens is 8. The fourth-order valence-corrected chi connectivity index (χ4v) is 21.8. The zero-order valence-electron chi connectivity index (χ0n) is 75.9. The lowest BCUT2D eigenvalue weighted by atomic mass is 9.98. The highest BCUT2D eigenvalue weighted by Gasteiger charge is 2.36. The number of benzene rings is 8. The number of aliphatic hydroxyl groups is 4. The maximum atomic E-state index is 13.6. The minimum atomic E-state index is -1.27. The van der Waals surface area contributed by atoms with Gasteiger partial charge in [-0.3, -0.25) is 19.2 Å². The SMILES string of the molecule is C/C(=C/Cc1cccc2c(C(=O)c3sc(C(=O)O)c(-c4c[nH]c5ccc(Br)cc45)c3O)c[nH]c12)CO.C/C(=C/Cc1cccc2c(C(=O)c3sc(C(=O)O)c(-c4c[nH]c5ccccc45)c3O)c[nH]c12)CO.C/C(=C\Cc1cccc2c(C(=O)c3sc(C(=O)O)c(-c4c[nH]c5ccccc45)c3O)c[nH]c12)CO.CC(CO)CCc1cccc2c(C(=O)c3sc(C(=O)O)c(-c4c[nH]c5ccc(O)cc45)c3O)c[nH]c12. The van der Waals surface area contributed by atoms with E-state index in [-0.39, 0.29) is 117 Å². The van der Waals surface area contributed by atoms with Crippen LogP contribution in [-0.4, -0.2) is 180 Å². The molecule has 12 heterocycles. The lowest BCUT2D eigenvalue weighted by molar-refractivity contribution is 0.0691. The summed E-state index contributed by atoms with van der Waals surface area (Å²) in [5.41, 5.74) is 16.3. The summed E-state index contributed by atoms with van der Waals surface area (Å²) in [6.45, 7) is 7.53. The van der Waals surface area contributed by atoms with Crippen molar-refractivity contribution in [2.75, 3.05) is 26.4 Å². The van der Waals surface area contributed by atoms with Gasteiger partial charge < -0.3 is 106 Å². The summed E-state index contributed by atoms with van der Waals surface area (Å²) < 4.78 is 0.803. The van der Waals surface area contributed by atoms with Gasteiger partial charge in [-0.2, -0.15) is 0 Å². The number of aryl methyl sites for hydroxylation is 1. The molecule has 34 heteroatoms. The number of H-pyrrole nitrogens is 8. The Bertz CT molecular complexity index is 8310. The number of nitrogens with one attached hydrogen (secondary N) is 8. The fourth-order valence-electron chi connectivity index (χ4n) is 17.4. The molecule has 20 rings (SSSR count). The molecule has 21 N–H and O–H groups in total. The number of allylic oxidation sites excluding steroid dienone is 3. The number of carbonyl (C=O) groups excluding carboxylic acids is 4. The number of aliphatic hydroxyl groups excluding tert-OH is 4. The highest BCUT2D eigenvalue weighted by Crippen LogP contribution is 2.52. The largest absolute Gasteiger partial charge is 0.508 e. The monoisotopic (exact) mass is 2040 g/mol. The lowest BCUT2D eigenvalue weighted by Crippen LogP contribution is -2.02. The summed E-state index contributed by atoms with van der Waals surface area (Å²) in [6.07, 6.45) is 21.8. The highest BCUT2D eigenvalue weighted by molar-refractivity contribution is 9.10. The number of hydrogen-bond donors (Lipinski definition) is 21. The van der Waals surface area contributed by atoms with E-state index in [1.807, 2.05) is 185 Å². The van der Waals surface area contributed by atoms with E-state index in [1.54, 1.807) is 55.6 Å². The summed E-state index contributed by atoms with van der Waals surface area (Å²) >= 11 is 6.47. The molecular weight excluding hydrogens is 1950 g/mol. The topological polar surface area (TPSA) is 526 Å². The summed E-state index contributed by atoms with van der Waals surface area (Å²) in [5.74, 6) is -8.05. The van der Waals surface area contributed by atoms with Crippen LogP contribution in [-0.2, 0) is 25.7 Å². The van der Waals surface area contributed by atoms with Crippen molar-refractivity contribution >= 4 is 196 Å². The number of hydrogen-bond acceptors (Lipinski definition) is 21. The summed E-state index contributed by atoms with van der Waals surface area (Å²) in [4.78, 5) is 127. The zero-order chi connectivity index (χ0) is 100. The van der Waals surface area contributed by atoms with Gasteiger partial charge in [0, 0.05) is 192 Å². The number of phenolic OH excluding ortho intramolecular Hbond substituents is 1. The molecule has 0 spiro atoms. The van der Waals surface area contributed by atoms with E-state index in [1.165, 1.54) is 12.1 Å². The van der Waals surface area contributed by atoms with Crippen LogP contribution in [0.3, 0.4) is 0 Å².